The molecular weight excluding hydrogens is 198 g/mol. The first kappa shape index (κ1) is 12.3. The number of hydrogen-bond donors (Lipinski definition) is 1. The molecule has 2 aliphatic rings. The monoisotopic (exact) mass is 225 g/mol. The minimum absolute atomic E-state index is 0.383. The molecule has 94 valence electrons. The Balaban J connectivity index is 1.85. The molecule has 2 unspecified atom stereocenters. The molecule has 0 aromatic carbocycles. The average molecular weight is 225 g/mol. The van der Waals surface area contributed by atoms with Gasteiger partial charge in [0.05, 0.1) is 0 Å². The van der Waals surface area contributed by atoms with E-state index in [1.54, 1.807) is 0 Å². The van der Waals surface area contributed by atoms with Crippen LogP contribution < -0.4 is 5.32 Å². The van der Waals surface area contributed by atoms with Crippen LogP contribution in [-0.4, -0.2) is 61.7 Å². The van der Waals surface area contributed by atoms with Crippen LogP contribution in [0.1, 0.15) is 32.6 Å². The Morgan fingerprint density at radius 2 is 2.19 bits per heavy atom. The van der Waals surface area contributed by atoms with Crippen molar-refractivity contribution in [3.8, 4) is 0 Å². The SMILES string of the molecule is CN(C)C1CCCN(CC2(C)CCCN2)C1. The number of hydrogen-bond acceptors (Lipinski definition) is 3. The second-order valence-electron chi connectivity index (χ2n) is 6.09. The number of rotatable bonds is 3. The number of nitrogens with one attached hydrogen (secondary N) is 1. The molecular formula is C13H27N3. The first-order chi connectivity index (χ1) is 7.59. The molecule has 2 saturated heterocycles. The summed E-state index contributed by atoms with van der Waals surface area (Å²) in [6, 6.07) is 0.763. The zero-order chi connectivity index (χ0) is 11.6. The van der Waals surface area contributed by atoms with Crippen LogP contribution in [0.2, 0.25) is 0 Å². The second-order valence-corrected chi connectivity index (χ2v) is 6.09. The minimum atomic E-state index is 0.383. The average Bonchev–Trinajstić information content (AvgIpc) is 2.65. The van der Waals surface area contributed by atoms with Gasteiger partial charge in [0.2, 0.25) is 0 Å². The molecule has 1 N–H and O–H groups in total. The lowest BCUT2D eigenvalue weighted by Gasteiger charge is -2.40. The summed E-state index contributed by atoms with van der Waals surface area (Å²) in [5.74, 6) is 0. The molecule has 16 heavy (non-hydrogen) atoms. The van der Waals surface area contributed by atoms with Gasteiger partial charge in [-0.25, -0.2) is 0 Å². The predicted octanol–water partition coefficient (Wildman–Crippen LogP) is 1.15. The van der Waals surface area contributed by atoms with Crippen molar-refractivity contribution in [3.05, 3.63) is 0 Å². The molecule has 0 saturated carbocycles. The van der Waals surface area contributed by atoms with Crippen molar-refractivity contribution in [3.63, 3.8) is 0 Å². The highest BCUT2D eigenvalue weighted by molar-refractivity contribution is 4.93. The molecule has 0 bridgehead atoms. The third kappa shape index (κ3) is 2.96. The van der Waals surface area contributed by atoms with E-state index in [2.05, 4.69) is 36.1 Å². The van der Waals surface area contributed by atoms with Crippen LogP contribution >= 0.6 is 0 Å². The quantitative estimate of drug-likeness (QED) is 0.777. The highest BCUT2D eigenvalue weighted by Gasteiger charge is 2.32. The van der Waals surface area contributed by atoms with Crippen LogP contribution in [0.4, 0.5) is 0 Å². The van der Waals surface area contributed by atoms with Crippen molar-refractivity contribution >= 4 is 0 Å². The van der Waals surface area contributed by atoms with Crippen molar-refractivity contribution in [2.24, 2.45) is 0 Å². The van der Waals surface area contributed by atoms with Gasteiger partial charge in [-0.2, -0.15) is 0 Å². The van der Waals surface area contributed by atoms with Gasteiger partial charge in [-0.1, -0.05) is 0 Å². The van der Waals surface area contributed by atoms with Crippen LogP contribution in [0.3, 0.4) is 0 Å². The predicted molar refractivity (Wildman–Crippen MR) is 68.8 cm³/mol. The molecule has 3 nitrogen and oxygen atoms in total. The van der Waals surface area contributed by atoms with E-state index in [0.29, 0.717) is 5.54 Å². The highest BCUT2D eigenvalue weighted by Crippen LogP contribution is 2.22. The van der Waals surface area contributed by atoms with Crippen LogP contribution in [0.25, 0.3) is 0 Å². The lowest BCUT2D eigenvalue weighted by Crippen LogP contribution is -2.53. The molecule has 0 radical (unpaired) electrons. The maximum atomic E-state index is 3.67. The Bertz CT molecular complexity index is 221. The van der Waals surface area contributed by atoms with Gasteiger partial charge >= 0.3 is 0 Å². The molecule has 0 aromatic rings. The smallest absolute Gasteiger partial charge is 0.0280 e. The van der Waals surface area contributed by atoms with Gasteiger partial charge in [-0.15, -0.1) is 0 Å². The summed E-state index contributed by atoms with van der Waals surface area (Å²) in [4.78, 5) is 5.04. The molecule has 2 heterocycles. The summed E-state index contributed by atoms with van der Waals surface area (Å²) in [5.41, 5.74) is 0.383. The summed E-state index contributed by atoms with van der Waals surface area (Å²) in [5, 5.41) is 3.67. The molecule has 0 aliphatic carbocycles. The lowest BCUT2D eigenvalue weighted by atomic mass is 9.97. The largest absolute Gasteiger partial charge is 0.310 e. The van der Waals surface area contributed by atoms with Gasteiger partial charge in [0.25, 0.3) is 0 Å². The summed E-state index contributed by atoms with van der Waals surface area (Å²) in [6.45, 7) is 7.38. The van der Waals surface area contributed by atoms with Crippen molar-refractivity contribution in [1.82, 2.24) is 15.1 Å². The van der Waals surface area contributed by atoms with Crippen molar-refractivity contribution in [2.75, 3.05) is 40.3 Å². The molecule has 0 amide bonds. The summed E-state index contributed by atoms with van der Waals surface area (Å²) < 4.78 is 0. The van der Waals surface area contributed by atoms with Crippen LogP contribution in [-0.2, 0) is 0 Å². The van der Waals surface area contributed by atoms with Crippen molar-refractivity contribution in [1.29, 1.82) is 0 Å². The third-order valence-corrected chi connectivity index (χ3v) is 4.24. The molecule has 2 aliphatic heterocycles. The van der Waals surface area contributed by atoms with Crippen LogP contribution in [0.15, 0.2) is 0 Å². The van der Waals surface area contributed by atoms with Gasteiger partial charge in [-0.3, -0.25) is 4.90 Å². The first-order valence-corrected chi connectivity index (χ1v) is 6.73. The van der Waals surface area contributed by atoms with Gasteiger partial charge < -0.3 is 10.2 Å². The zero-order valence-corrected chi connectivity index (χ0v) is 11.1. The lowest BCUT2D eigenvalue weighted by molar-refractivity contribution is 0.109. The van der Waals surface area contributed by atoms with E-state index in [-0.39, 0.29) is 0 Å². The number of likely N-dealkylation sites (tertiary alicyclic amines) is 1. The topological polar surface area (TPSA) is 18.5 Å². The number of nitrogens with zero attached hydrogens (tertiary/aromatic N) is 2. The Morgan fingerprint density at radius 3 is 2.81 bits per heavy atom. The Hall–Kier alpha value is -0.120. The standard InChI is InChI=1S/C13H27N3/c1-13(7-5-8-14-13)11-16-9-4-6-12(10-16)15(2)3/h12,14H,4-11H2,1-3H3. The fraction of sp³-hybridized carbons (Fsp3) is 1.00. The summed E-state index contributed by atoms with van der Waals surface area (Å²) >= 11 is 0. The summed E-state index contributed by atoms with van der Waals surface area (Å²) in [7, 11) is 4.42. The molecule has 2 rings (SSSR count). The normalized spacial score (nSPS) is 37.1. The highest BCUT2D eigenvalue weighted by atomic mass is 15.2. The van der Waals surface area contributed by atoms with Gasteiger partial charge in [0.15, 0.2) is 0 Å². The Morgan fingerprint density at radius 1 is 1.38 bits per heavy atom. The summed E-state index contributed by atoms with van der Waals surface area (Å²) in [6.07, 6.45) is 5.42. The van der Waals surface area contributed by atoms with Crippen molar-refractivity contribution in [2.45, 2.75) is 44.2 Å². The molecule has 2 atom stereocenters. The van der Waals surface area contributed by atoms with Crippen LogP contribution in [0, 0.1) is 0 Å². The number of piperidine rings is 1. The van der Waals surface area contributed by atoms with Gasteiger partial charge in [0.1, 0.15) is 0 Å². The molecule has 0 aromatic heterocycles. The minimum Gasteiger partial charge on any atom is -0.310 e. The van der Waals surface area contributed by atoms with E-state index in [4.69, 9.17) is 0 Å². The van der Waals surface area contributed by atoms with Gasteiger partial charge in [0, 0.05) is 24.7 Å². The second kappa shape index (κ2) is 5.03. The maximum Gasteiger partial charge on any atom is 0.0280 e. The fourth-order valence-corrected chi connectivity index (χ4v) is 3.18. The van der Waals surface area contributed by atoms with E-state index < -0.39 is 0 Å². The molecule has 2 fully saturated rings. The maximum absolute atomic E-state index is 3.67. The molecule has 3 heteroatoms. The van der Waals surface area contributed by atoms with Crippen molar-refractivity contribution < 1.29 is 0 Å². The third-order valence-electron chi connectivity index (χ3n) is 4.24. The van der Waals surface area contributed by atoms with E-state index >= 15 is 0 Å². The zero-order valence-electron chi connectivity index (χ0n) is 11.1. The Labute approximate surface area is 100 Å². The van der Waals surface area contributed by atoms with E-state index in [1.807, 2.05) is 0 Å². The fourth-order valence-electron chi connectivity index (χ4n) is 3.18. The first-order valence-electron chi connectivity index (χ1n) is 6.73. The van der Waals surface area contributed by atoms with Gasteiger partial charge in [-0.05, 0) is 59.8 Å². The van der Waals surface area contributed by atoms with E-state index in [1.165, 1.54) is 51.9 Å². The Kier molecular flexibility index (Phi) is 3.88. The van der Waals surface area contributed by atoms with E-state index in [0.717, 1.165) is 6.04 Å². The van der Waals surface area contributed by atoms with E-state index in [9.17, 15) is 0 Å². The van der Waals surface area contributed by atoms with Crippen LogP contribution in [0.5, 0.6) is 0 Å². The molecule has 0 spiro atoms. The number of likely N-dealkylation sites (N-methyl/N-ethyl adjacent to an activating group) is 1.